The number of aryl methyl sites for hydroxylation is 3. The van der Waals surface area contributed by atoms with Crippen molar-refractivity contribution in [3.63, 3.8) is 0 Å². The molecule has 0 bridgehead atoms. The lowest BCUT2D eigenvalue weighted by Crippen LogP contribution is -2.14. The molecule has 1 amide bonds. The zero-order valence-corrected chi connectivity index (χ0v) is 19.2. The monoisotopic (exact) mass is 424 g/mol. The second-order valence-electron chi connectivity index (χ2n) is 8.11. The topological polar surface area (TPSA) is 62.1 Å². The molecule has 0 radical (unpaired) electrons. The van der Waals surface area contributed by atoms with Gasteiger partial charge in [0.2, 0.25) is 0 Å². The summed E-state index contributed by atoms with van der Waals surface area (Å²) >= 11 is 0. The maximum Gasteiger partial charge on any atom is 0.266 e. The van der Waals surface area contributed by atoms with E-state index in [1.165, 1.54) is 16.7 Å². The van der Waals surface area contributed by atoms with Crippen LogP contribution in [0.5, 0.6) is 5.75 Å². The van der Waals surface area contributed by atoms with Crippen molar-refractivity contribution < 1.29 is 9.53 Å². The Bertz CT molecular complexity index is 1210. The largest absolute Gasteiger partial charge is 0.497 e. The number of nitrogens with zero attached hydrogens (tertiary/aromatic N) is 1. The Labute approximate surface area is 190 Å². The first-order chi connectivity index (χ1) is 15.3. The van der Waals surface area contributed by atoms with E-state index in [2.05, 4.69) is 43.4 Å². The van der Waals surface area contributed by atoms with Crippen LogP contribution in [0.3, 0.4) is 0 Å². The highest BCUT2D eigenvalue weighted by Gasteiger charge is 2.13. The van der Waals surface area contributed by atoms with Crippen LogP contribution in [0.25, 0.3) is 6.08 Å². The molecule has 0 saturated carbocycles. The molecule has 3 aromatic carbocycles. The van der Waals surface area contributed by atoms with E-state index in [4.69, 9.17) is 4.74 Å². The number of carbonyl (C=O) groups is 1. The maximum absolute atomic E-state index is 12.9. The molecule has 1 N–H and O–H groups in total. The third-order valence-electron chi connectivity index (χ3n) is 5.54. The molecule has 0 aliphatic heterocycles. The highest BCUT2D eigenvalue weighted by molar-refractivity contribution is 6.10. The van der Waals surface area contributed by atoms with Gasteiger partial charge in [-0.3, -0.25) is 4.79 Å². The molecule has 32 heavy (non-hydrogen) atoms. The van der Waals surface area contributed by atoms with Crippen LogP contribution >= 0.6 is 0 Å². The van der Waals surface area contributed by atoms with Crippen molar-refractivity contribution in [3.8, 4) is 11.8 Å². The number of nitrogens with one attached hydrogen (secondary N) is 1. The van der Waals surface area contributed by atoms with Crippen LogP contribution in [0.1, 0.15) is 38.9 Å². The van der Waals surface area contributed by atoms with E-state index in [9.17, 15) is 10.1 Å². The number of nitriles is 1. The molecule has 3 rings (SSSR count). The molecule has 0 aromatic heterocycles. The van der Waals surface area contributed by atoms with Crippen LogP contribution in [-0.2, 0) is 11.2 Å². The van der Waals surface area contributed by atoms with E-state index in [1.54, 1.807) is 13.2 Å². The Hall–Kier alpha value is -3.84. The second-order valence-corrected chi connectivity index (χ2v) is 8.11. The van der Waals surface area contributed by atoms with E-state index < -0.39 is 5.91 Å². The highest BCUT2D eigenvalue weighted by atomic mass is 16.5. The number of amides is 1. The maximum atomic E-state index is 12.9. The van der Waals surface area contributed by atoms with Gasteiger partial charge in [-0.15, -0.1) is 0 Å². The van der Waals surface area contributed by atoms with Crippen molar-refractivity contribution in [2.75, 3.05) is 12.4 Å². The van der Waals surface area contributed by atoms with Crippen LogP contribution < -0.4 is 10.1 Å². The Balaban J connectivity index is 1.96. The first-order valence-corrected chi connectivity index (χ1v) is 10.5. The van der Waals surface area contributed by atoms with Gasteiger partial charge >= 0.3 is 0 Å². The summed E-state index contributed by atoms with van der Waals surface area (Å²) in [6, 6.07) is 19.9. The third-order valence-corrected chi connectivity index (χ3v) is 5.54. The van der Waals surface area contributed by atoms with E-state index in [0.29, 0.717) is 12.1 Å². The van der Waals surface area contributed by atoms with Gasteiger partial charge in [0.15, 0.2) is 0 Å². The van der Waals surface area contributed by atoms with Crippen LogP contribution in [0, 0.1) is 39.0 Å². The van der Waals surface area contributed by atoms with Crippen molar-refractivity contribution in [2.45, 2.75) is 34.1 Å². The fourth-order valence-corrected chi connectivity index (χ4v) is 3.77. The summed E-state index contributed by atoms with van der Waals surface area (Å²) in [6.45, 7) is 8.09. The van der Waals surface area contributed by atoms with Crippen LogP contribution in [0.15, 0.2) is 60.2 Å². The minimum atomic E-state index is -0.422. The van der Waals surface area contributed by atoms with Gasteiger partial charge in [0.1, 0.15) is 17.4 Å². The summed E-state index contributed by atoms with van der Waals surface area (Å²) in [7, 11) is 1.63. The fourth-order valence-electron chi connectivity index (χ4n) is 3.77. The molecule has 4 nitrogen and oxygen atoms in total. The highest BCUT2D eigenvalue weighted by Crippen LogP contribution is 2.25. The van der Waals surface area contributed by atoms with Gasteiger partial charge < -0.3 is 10.1 Å². The quantitative estimate of drug-likeness (QED) is 0.386. The van der Waals surface area contributed by atoms with E-state index in [-0.39, 0.29) is 5.57 Å². The minimum absolute atomic E-state index is 0.0535. The van der Waals surface area contributed by atoms with Gasteiger partial charge in [0.25, 0.3) is 5.91 Å². The van der Waals surface area contributed by atoms with E-state index >= 15 is 0 Å². The molecule has 0 spiro atoms. The summed E-state index contributed by atoms with van der Waals surface area (Å²) < 4.78 is 5.41. The number of carbonyl (C=O) groups excluding carboxylic acids is 1. The van der Waals surface area contributed by atoms with E-state index in [0.717, 1.165) is 28.0 Å². The summed E-state index contributed by atoms with van der Waals surface area (Å²) in [5.74, 6) is 0.314. The predicted molar refractivity (Wildman–Crippen MR) is 130 cm³/mol. The summed E-state index contributed by atoms with van der Waals surface area (Å²) in [5, 5.41) is 12.6. The number of anilines is 1. The third kappa shape index (κ3) is 5.44. The Morgan fingerprint density at radius 3 is 2.41 bits per heavy atom. The lowest BCUT2D eigenvalue weighted by Gasteiger charge is -2.12. The standard InChI is InChI=1S/C28H28N2O2/c1-18-11-19(2)13-22(12-18)14-24-16-26(32-5)10-9-23(24)15-25(17-29)28(31)30-27-8-6-7-20(3)21(27)4/h6-13,15-16H,14H2,1-5H3,(H,30,31)/b25-15+. The number of ether oxygens (including phenoxy) is 1. The predicted octanol–water partition coefficient (Wildman–Crippen LogP) is 6.07. The molecule has 3 aromatic rings. The first kappa shape index (κ1) is 22.8. The molecular weight excluding hydrogens is 396 g/mol. The molecule has 0 atom stereocenters. The number of rotatable bonds is 6. The smallest absolute Gasteiger partial charge is 0.266 e. The average Bonchev–Trinajstić information content (AvgIpc) is 2.75. The normalized spacial score (nSPS) is 11.1. The Kier molecular flexibility index (Phi) is 7.12. The minimum Gasteiger partial charge on any atom is -0.497 e. The van der Waals surface area contributed by atoms with Gasteiger partial charge in [0, 0.05) is 5.69 Å². The Morgan fingerprint density at radius 1 is 1.03 bits per heavy atom. The van der Waals surface area contributed by atoms with Crippen molar-refractivity contribution >= 4 is 17.7 Å². The molecule has 4 heteroatoms. The van der Waals surface area contributed by atoms with Gasteiger partial charge in [-0.1, -0.05) is 47.5 Å². The van der Waals surface area contributed by atoms with Crippen LogP contribution in [-0.4, -0.2) is 13.0 Å². The number of benzene rings is 3. The number of hydrogen-bond acceptors (Lipinski definition) is 3. The lowest BCUT2D eigenvalue weighted by atomic mass is 9.96. The van der Waals surface area contributed by atoms with Gasteiger partial charge in [-0.25, -0.2) is 0 Å². The second kappa shape index (κ2) is 9.98. The average molecular weight is 425 g/mol. The zero-order valence-electron chi connectivity index (χ0n) is 19.2. The van der Waals surface area contributed by atoms with Crippen molar-refractivity contribution in [1.29, 1.82) is 5.26 Å². The molecule has 162 valence electrons. The SMILES string of the molecule is COc1ccc(/C=C(\C#N)C(=O)Nc2cccc(C)c2C)c(Cc2cc(C)cc(C)c2)c1. The first-order valence-electron chi connectivity index (χ1n) is 10.5. The van der Waals surface area contributed by atoms with Gasteiger partial charge in [-0.2, -0.15) is 5.26 Å². The molecule has 0 fully saturated rings. The fraction of sp³-hybridized carbons (Fsp3) is 0.214. The van der Waals surface area contributed by atoms with Crippen molar-refractivity contribution in [1.82, 2.24) is 0 Å². The summed E-state index contributed by atoms with van der Waals surface area (Å²) in [6.07, 6.45) is 2.32. The van der Waals surface area contributed by atoms with Gasteiger partial charge in [-0.05, 0) is 86.2 Å². The van der Waals surface area contributed by atoms with Crippen LogP contribution in [0.4, 0.5) is 5.69 Å². The Morgan fingerprint density at radius 2 is 1.75 bits per heavy atom. The van der Waals surface area contributed by atoms with Crippen molar-refractivity contribution in [3.05, 3.63) is 99.1 Å². The molecule has 0 aliphatic rings. The van der Waals surface area contributed by atoms with E-state index in [1.807, 2.05) is 50.2 Å². The molecule has 0 aliphatic carbocycles. The molecular formula is C28H28N2O2. The van der Waals surface area contributed by atoms with Gasteiger partial charge in [0.05, 0.1) is 7.11 Å². The van der Waals surface area contributed by atoms with Crippen molar-refractivity contribution in [2.24, 2.45) is 0 Å². The summed E-state index contributed by atoms with van der Waals surface area (Å²) in [4.78, 5) is 12.9. The lowest BCUT2D eigenvalue weighted by molar-refractivity contribution is -0.112. The summed E-state index contributed by atoms with van der Waals surface area (Å²) in [5.41, 5.74) is 8.20. The van der Waals surface area contributed by atoms with Crippen LogP contribution in [0.2, 0.25) is 0 Å². The number of methoxy groups -OCH3 is 1. The zero-order chi connectivity index (χ0) is 23.3. The number of hydrogen-bond donors (Lipinski definition) is 1. The molecule has 0 heterocycles. The molecule has 0 saturated heterocycles. The molecule has 0 unspecified atom stereocenters.